The predicted octanol–water partition coefficient (Wildman–Crippen LogP) is 3.06. The van der Waals surface area contributed by atoms with E-state index in [9.17, 15) is 14.7 Å². The SMILES string of the molecule is CCOC(=O)[C@@H]1Nc2c(Cl)cc(C(=O)O)cc2[C@H]2C=CC[C@H]21. The van der Waals surface area contributed by atoms with Crippen molar-refractivity contribution < 1.29 is 19.4 Å². The van der Waals surface area contributed by atoms with Crippen LogP contribution in [-0.4, -0.2) is 29.7 Å². The van der Waals surface area contributed by atoms with Crippen molar-refractivity contribution in [3.8, 4) is 0 Å². The fourth-order valence-electron chi connectivity index (χ4n) is 3.24. The molecule has 0 saturated heterocycles. The van der Waals surface area contributed by atoms with Crippen molar-refractivity contribution in [3.05, 3.63) is 40.4 Å². The number of fused-ring (bicyclic) bond motifs is 3. The van der Waals surface area contributed by atoms with Gasteiger partial charge in [0, 0.05) is 11.8 Å². The van der Waals surface area contributed by atoms with Gasteiger partial charge in [-0.05, 0) is 31.0 Å². The van der Waals surface area contributed by atoms with Gasteiger partial charge in [0.15, 0.2) is 0 Å². The summed E-state index contributed by atoms with van der Waals surface area (Å²) >= 11 is 6.23. The average molecular weight is 322 g/mol. The first kappa shape index (κ1) is 14.9. The third-order valence-corrected chi connectivity index (χ3v) is 4.51. The first-order chi connectivity index (χ1) is 10.5. The van der Waals surface area contributed by atoms with Gasteiger partial charge in [-0.2, -0.15) is 0 Å². The normalized spacial score (nSPS) is 25.1. The van der Waals surface area contributed by atoms with E-state index >= 15 is 0 Å². The molecule has 22 heavy (non-hydrogen) atoms. The summed E-state index contributed by atoms with van der Waals surface area (Å²) in [6, 6.07) is 2.56. The molecule has 1 aliphatic heterocycles. The number of carbonyl (C=O) groups is 2. The zero-order valence-electron chi connectivity index (χ0n) is 12.0. The Morgan fingerprint density at radius 3 is 2.91 bits per heavy atom. The number of benzene rings is 1. The van der Waals surface area contributed by atoms with Crippen LogP contribution >= 0.6 is 11.6 Å². The summed E-state index contributed by atoms with van der Waals surface area (Å²) in [6.07, 6.45) is 4.77. The molecule has 0 saturated carbocycles. The minimum Gasteiger partial charge on any atom is -0.478 e. The molecule has 0 radical (unpaired) electrons. The van der Waals surface area contributed by atoms with Crippen molar-refractivity contribution in [1.29, 1.82) is 0 Å². The van der Waals surface area contributed by atoms with E-state index < -0.39 is 12.0 Å². The molecule has 1 aromatic carbocycles. The third-order valence-electron chi connectivity index (χ3n) is 4.21. The molecule has 3 rings (SSSR count). The zero-order valence-corrected chi connectivity index (χ0v) is 12.8. The molecule has 0 bridgehead atoms. The Morgan fingerprint density at radius 2 is 2.23 bits per heavy atom. The molecule has 0 fully saturated rings. The van der Waals surface area contributed by atoms with Gasteiger partial charge >= 0.3 is 11.9 Å². The number of halogens is 1. The highest BCUT2D eigenvalue weighted by Crippen LogP contribution is 2.47. The molecular formula is C16H16ClNO4. The fourth-order valence-corrected chi connectivity index (χ4v) is 3.53. The molecule has 0 spiro atoms. The van der Waals surface area contributed by atoms with Crippen LogP contribution in [0, 0.1) is 5.92 Å². The van der Waals surface area contributed by atoms with Crippen molar-refractivity contribution in [3.63, 3.8) is 0 Å². The number of esters is 1. The molecule has 0 aromatic heterocycles. The predicted molar refractivity (Wildman–Crippen MR) is 82.4 cm³/mol. The molecule has 2 aliphatic rings. The highest BCUT2D eigenvalue weighted by molar-refractivity contribution is 6.34. The first-order valence-corrected chi connectivity index (χ1v) is 7.57. The van der Waals surface area contributed by atoms with Crippen molar-refractivity contribution in [2.45, 2.75) is 25.3 Å². The van der Waals surface area contributed by atoms with Gasteiger partial charge in [-0.3, -0.25) is 0 Å². The van der Waals surface area contributed by atoms with Gasteiger partial charge in [-0.15, -0.1) is 0 Å². The highest BCUT2D eigenvalue weighted by Gasteiger charge is 2.42. The van der Waals surface area contributed by atoms with Crippen LogP contribution in [0.3, 0.4) is 0 Å². The Labute approximate surface area is 132 Å². The van der Waals surface area contributed by atoms with Crippen molar-refractivity contribution in [2.75, 3.05) is 11.9 Å². The lowest BCUT2D eigenvalue weighted by atomic mass is 9.79. The molecule has 1 aromatic rings. The maximum Gasteiger partial charge on any atom is 0.335 e. The lowest BCUT2D eigenvalue weighted by Gasteiger charge is -2.36. The van der Waals surface area contributed by atoms with Gasteiger partial charge in [-0.1, -0.05) is 23.8 Å². The van der Waals surface area contributed by atoms with E-state index in [-0.39, 0.29) is 23.4 Å². The van der Waals surface area contributed by atoms with E-state index in [0.717, 1.165) is 12.0 Å². The molecular weight excluding hydrogens is 306 g/mol. The lowest BCUT2D eigenvalue weighted by molar-refractivity contribution is -0.145. The number of aromatic carboxylic acids is 1. The van der Waals surface area contributed by atoms with Crippen LogP contribution in [0.2, 0.25) is 5.02 Å². The number of carboxylic acids is 1. The van der Waals surface area contributed by atoms with Gasteiger partial charge in [0.25, 0.3) is 0 Å². The minimum atomic E-state index is -1.02. The monoisotopic (exact) mass is 321 g/mol. The van der Waals surface area contributed by atoms with E-state index in [1.54, 1.807) is 13.0 Å². The van der Waals surface area contributed by atoms with Crippen molar-refractivity contribution in [1.82, 2.24) is 0 Å². The quantitative estimate of drug-likeness (QED) is 0.661. The number of carbonyl (C=O) groups excluding carboxylic acids is 1. The molecule has 2 N–H and O–H groups in total. The topological polar surface area (TPSA) is 75.6 Å². The second-order valence-electron chi connectivity index (χ2n) is 5.45. The van der Waals surface area contributed by atoms with Crippen LogP contribution in [0.1, 0.15) is 35.2 Å². The summed E-state index contributed by atoms with van der Waals surface area (Å²) in [4.78, 5) is 23.4. The standard InChI is InChI=1S/C16H16ClNO4/c1-2-22-16(21)14-10-5-3-4-9(10)11-6-8(15(19)20)7-12(17)13(11)18-14/h3-4,6-7,9-10,14,18H,2,5H2,1H3,(H,19,20)/t9-,10+,14+/m0/s1. The summed E-state index contributed by atoms with van der Waals surface area (Å²) in [6.45, 7) is 2.09. The number of allylic oxidation sites excluding steroid dienone is 2. The van der Waals surface area contributed by atoms with Crippen molar-refractivity contribution >= 4 is 29.2 Å². The number of carboxylic acid groups (broad SMARTS) is 1. The van der Waals surface area contributed by atoms with E-state index in [1.807, 2.05) is 12.2 Å². The second kappa shape index (κ2) is 5.65. The fraction of sp³-hybridized carbons (Fsp3) is 0.375. The summed E-state index contributed by atoms with van der Waals surface area (Å²) in [7, 11) is 0. The van der Waals surface area contributed by atoms with E-state index in [2.05, 4.69) is 5.32 Å². The Balaban J connectivity index is 2.05. The van der Waals surface area contributed by atoms with E-state index in [0.29, 0.717) is 17.3 Å². The van der Waals surface area contributed by atoms with Gasteiger partial charge in [0.05, 0.1) is 22.9 Å². The van der Waals surface area contributed by atoms with Gasteiger partial charge in [0.1, 0.15) is 6.04 Å². The molecule has 0 amide bonds. The van der Waals surface area contributed by atoms with E-state index in [4.69, 9.17) is 16.3 Å². The maximum absolute atomic E-state index is 12.2. The van der Waals surface area contributed by atoms with Gasteiger partial charge in [0.2, 0.25) is 0 Å². The Kier molecular flexibility index (Phi) is 3.83. The van der Waals surface area contributed by atoms with Gasteiger partial charge in [-0.25, -0.2) is 9.59 Å². The van der Waals surface area contributed by atoms with Gasteiger partial charge < -0.3 is 15.2 Å². The second-order valence-corrected chi connectivity index (χ2v) is 5.86. The Hall–Kier alpha value is -2.01. The molecule has 0 unspecified atom stereocenters. The van der Waals surface area contributed by atoms with Crippen LogP contribution in [0.5, 0.6) is 0 Å². The number of hydrogen-bond acceptors (Lipinski definition) is 4. The largest absolute Gasteiger partial charge is 0.478 e. The van der Waals surface area contributed by atoms with Crippen LogP contribution < -0.4 is 5.32 Å². The molecule has 1 aliphatic carbocycles. The molecule has 5 nitrogen and oxygen atoms in total. The maximum atomic E-state index is 12.2. The summed E-state index contributed by atoms with van der Waals surface area (Å²) in [5.74, 6) is -1.32. The number of anilines is 1. The molecule has 1 heterocycles. The average Bonchev–Trinajstić information content (AvgIpc) is 2.96. The smallest absolute Gasteiger partial charge is 0.335 e. The minimum absolute atomic E-state index is 0.0201. The van der Waals surface area contributed by atoms with Crippen LogP contribution in [0.4, 0.5) is 5.69 Å². The summed E-state index contributed by atoms with van der Waals surface area (Å²) in [5, 5.41) is 12.6. The van der Waals surface area contributed by atoms with Crippen LogP contribution in [-0.2, 0) is 9.53 Å². The van der Waals surface area contributed by atoms with E-state index in [1.165, 1.54) is 6.07 Å². The first-order valence-electron chi connectivity index (χ1n) is 7.19. The summed E-state index contributed by atoms with van der Waals surface area (Å²) < 4.78 is 5.14. The van der Waals surface area contributed by atoms with Crippen LogP contribution in [0.25, 0.3) is 0 Å². The van der Waals surface area contributed by atoms with Crippen LogP contribution in [0.15, 0.2) is 24.3 Å². The molecule has 3 atom stereocenters. The number of rotatable bonds is 3. The third kappa shape index (κ3) is 2.35. The number of ether oxygens (including phenoxy) is 1. The number of hydrogen-bond donors (Lipinski definition) is 2. The zero-order chi connectivity index (χ0) is 15.9. The van der Waals surface area contributed by atoms with Crippen molar-refractivity contribution in [2.24, 2.45) is 5.92 Å². The highest BCUT2D eigenvalue weighted by atomic mass is 35.5. The molecule has 6 heteroatoms. The lowest BCUT2D eigenvalue weighted by Crippen LogP contribution is -2.43. The Bertz CT molecular complexity index is 670. The Morgan fingerprint density at radius 1 is 1.45 bits per heavy atom. The number of nitrogens with one attached hydrogen (secondary N) is 1. The summed E-state index contributed by atoms with van der Waals surface area (Å²) in [5.41, 5.74) is 1.60. The molecule has 116 valence electrons.